The summed E-state index contributed by atoms with van der Waals surface area (Å²) >= 11 is 0. The van der Waals surface area contributed by atoms with Gasteiger partial charge in [0, 0.05) is 13.6 Å². The van der Waals surface area contributed by atoms with Gasteiger partial charge in [-0.15, -0.1) is 0 Å². The molecule has 0 atom stereocenters. The third-order valence-corrected chi connectivity index (χ3v) is 4.16. The molecule has 0 aliphatic carbocycles. The molecule has 1 amide bonds. The molecule has 1 rings (SSSR count). The minimum Gasteiger partial charge on any atom is -0.345 e. The van der Waals surface area contributed by atoms with Crippen molar-refractivity contribution in [2.24, 2.45) is 5.73 Å². The van der Waals surface area contributed by atoms with Crippen LogP contribution in [0.4, 0.5) is 0 Å². The fourth-order valence-corrected chi connectivity index (χ4v) is 3.03. The molecule has 106 valence electrons. The number of amides is 1. The van der Waals surface area contributed by atoms with Crippen molar-refractivity contribution in [1.82, 2.24) is 4.90 Å². The lowest BCUT2D eigenvalue weighted by molar-refractivity contribution is -0.127. The molecule has 0 aromatic heterocycles. The quantitative estimate of drug-likeness (QED) is 0.786. The Labute approximate surface area is 114 Å². The van der Waals surface area contributed by atoms with E-state index in [-0.39, 0.29) is 11.7 Å². The first-order valence-corrected chi connectivity index (χ1v) is 7.95. The van der Waals surface area contributed by atoms with Crippen molar-refractivity contribution < 1.29 is 13.2 Å². The molecule has 0 unspecified atom stereocenters. The van der Waals surface area contributed by atoms with E-state index < -0.39 is 15.6 Å². The molecule has 0 radical (unpaired) electrons. The fraction of sp³-hybridized carbons (Fsp3) is 0.462. The van der Waals surface area contributed by atoms with Crippen LogP contribution in [0.1, 0.15) is 12.0 Å². The topological polar surface area (TPSA) is 80.5 Å². The van der Waals surface area contributed by atoms with E-state index >= 15 is 0 Å². The molecule has 2 N–H and O–H groups in total. The van der Waals surface area contributed by atoms with Crippen molar-refractivity contribution in [3.8, 4) is 0 Å². The zero-order chi connectivity index (χ0) is 14.3. The molecule has 0 spiro atoms. The van der Waals surface area contributed by atoms with Gasteiger partial charge in [0.05, 0.1) is 5.75 Å². The van der Waals surface area contributed by atoms with Crippen LogP contribution in [0.2, 0.25) is 0 Å². The Bertz CT molecular complexity index is 500. The molecule has 0 fully saturated rings. The van der Waals surface area contributed by atoms with E-state index in [0.717, 1.165) is 0 Å². The van der Waals surface area contributed by atoms with Crippen molar-refractivity contribution in [3.63, 3.8) is 0 Å². The molecular weight excluding hydrogens is 264 g/mol. The molecular formula is C13H20N2O3S. The van der Waals surface area contributed by atoms with Crippen LogP contribution in [0.3, 0.4) is 0 Å². The molecule has 0 saturated heterocycles. The van der Waals surface area contributed by atoms with Gasteiger partial charge in [-0.25, -0.2) is 8.42 Å². The number of sulfone groups is 1. The van der Waals surface area contributed by atoms with Gasteiger partial charge in [-0.3, -0.25) is 4.79 Å². The van der Waals surface area contributed by atoms with Gasteiger partial charge in [-0.1, -0.05) is 30.3 Å². The Morgan fingerprint density at radius 2 is 1.89 bits per heavy atom. The number of nitrogens with two attached hydrogens (primary N) is 1. The first-order chi connectivity index (χ1) is 8.94. The van der Waals surface area contributed by atoms with E-state index in [1.807, 2.05) is 6.07 Å². The lowest BCUT2D eigenvalue weighted by Gasteiger charge is -2.16. The Morgan fingerprint density at radius 1 is 1.26 bits per heavy atom. The van der Waals surface area contributed by atoms with Crippen LogP contribution in [-0.4, -0.2) is 45.1 Å². The maximum absolute atomic E-state index is 11.9. The lowest BCUT2D eigenvalue weighted by atomic mass is 10.2. The normalized spacial score (nSPS) is 11.3. The van der Waals surface area contributed by atoms with Crippen LogP contribution >= 0.6 is 0 Å². The van der Waals surface area contributed by atoms with E-state index in [9.17, 15) is 13.2 Å². The Hall–Kier alpha value is -1.40. The van der Waals surface area contributed by atoms with Gasteiger partial charge in [0.1, 0.15) is 5.75 Å². The number of carbonyl (C=O) groups excluding carboxylic acids is 1. The Morgan fingerprint density at radius 3 is 2.47 bits per heavy atom. The number of rotatable bonds is 7. The molecule has 0 bridgehead atoms. The predicted molar refractivity (Wildman–Crippen MR) is 75.2 cm³/mol. The predicted octanol–water partition coefficient (Wildman–Crippen LogP) is 0.409. The second-order valence-corrected chi connectivity index (χ2v) is 6.54. The Balaban J connectivity index is 2.57. The first kappa shape index (κ1) is 15.7. The largest absolute Gasteiger partial charge is 0.345 e. The molecule has 1 aromatic rings. The first-order valence-electron chi connectivity index (χ1n) is 6.13. The van der Waals surface area contributed by atoms with Gasteiger partial charge in [-0.2, -0.15) is 0 Å². The Kier molecular flexibility index (Phi) is 5.98. The average Bonchev–Trinajstić information content (AvgIpc) is 2.35. The van der Waals surface area contributed by atoms with Gasteiger partial charge >= 0.3 is 0 Å². The molecule has 5 nitrogen and oxygen atoms in total. The molecule has 1 aromatic carbocycles. The SMILES string of the molecule is CN(CCCN)C(=O)CS(=O)(=O)Cc1ccccc1. The van der Waals surface area contributed by atoms with Crippen LogP contribution in [0.25, 0.3) is 0 Å². The zero-order valence-electron chi connectivity index (χ0n) is 11.1. The van der Waals surface area contributed by atoms with Crippen LogP contribution in [-0.2, 0) is 20.4 Å². The van der Waals surface area contributed by atoms with Gasteiger partial charge in [0.25, 0.3) is 0 Å². The van der Waals surface area contributed by atoms with E-state index in [1.165, 1.54) is 4.90 Å². The summed E-state index contributed by atoms with van der Waals surface area (Å²) in [5.41, 5.74) is 6.04. The third kappa shape index (κ3) is 5.85. The summed E-state index contributed by atoms with van der Waals surface area (Å²) in [6.45, 7) is 0.963. The summed E-state index contributed by atoms with van der Waals surface area (Å²) in [4.78, 5) is 13.2. The van der Waals surface area contributed by atoms with Crippen LogP contribution in [0.5, 0.6) is 0 Å². The summed E-state index contributed by atoms with van der Waals surface area (Å²) in [6, 6.07) is 8.85. The number of nitrogens with zero attached hydrogens (tertiary/aromatic N) is 1. The van der Waals surface area contributed by atoms with Crippen molar-refractivity contribution in [3.05, 3.63) is 35.9 Å². The van der Waals surface area contributed by atoms with Crippen molar-refractivity contribution >= 4 is 15.7 Å². The van der Waals surface area contributed by atoms with Gasteiger partial charge in [0.15, 0.2) is 9.84 Å². The van der Waals surface area contributed by atoms with Gasteiger partial charge < -0.3 is 10.6 Å². The maximum atomic E-state index is 11.9. The van der Waals surface area contributed by atoms with E-state index in [2.05, 4.69) is 0 Å². The number of benzene rings is 1. The van der Waals surface area contributed by atoms with Crippen LogP contribution in [0.15, 0.2) is 30.3 Å². The molecule has 0 aliphatic rings. The van der Waals surface area contributed by atoms with Gasteiger partial charge in [0.2, 0.25) is 5.91 Å². The third-order valence-electron chi connectivity index (χ3n) is 2.70. The van der Waals surface area contributed by atoms with Gasteiger partial charge in [-0.05, 0) is 18.5 Å². The summed E-state index contributed by atoms with van der Waals surface area (Å²) in [5, 5.41) is 0. The van der Waals surface area contributed by atoms with E-state index in [0.29, 0.717) is 25.1 Å². The highest BCUT2D eigenvalue weighted by Gasteiger charge is 2.19. The maximum Gasteiger partial charge on any atom is 0.237 e. The van der Waals surface area contributed by atoms with E-state index in [4.69, 9.17) is 5.73 Å². The smallest absolute Gasteiger partial charge is 0.237 e. The lowest BCUT2D eigenvalue weighted by Crippen LogP contribution is -2.34. The second-order valence-electron chi connectivity index (χ2n) is 4.48. The van der Waals surface area contributed by atoms with Crippen molar-refractivity contribution in [2.45, 2.75) is 12.2 Å². The number of carbonyl (C=O) groups is 1. The van der Waals surface area contributed by atoms with Crippen molar-refractivity contribution in [2.75, 3.05) is 25.9 Å². The molecule has 0 aliphatic heterocycles. The second kappa shape index (κ2) is 7.25. The monoisotopic (exact) mass is 284 g/mol. The standard InChI is InChI=1S/C13H20N2O3S/c1-15(9-5-8-14)13(16)11-19(17,18)10-12-6-3-2-4-7-12/h2-4,6-7H,5,8-11,14H2,1H3. The minimum absolute atomic E-state index is 0.107. The molecule has 19 heavy (non-hydrogen) atoms. The highest BCUT2D eigenvalue weighted by atomic mass is 32.2. The summed E-state index contributed by atoms with van der Waals surface area (Å²) < 4.78 is 23.8. The molecule has 6 heteroatoms. The van der Waals surface area contributed by atoms with E-state index in [1.54, 1.807) is 31.3 Å². The average molecular weight is 284 g/mol. The highest BCUT2D eigenvalue weighted by Crippen LogP contribution is 2.07. The van der Waals surface area contributed by atoms with Crippen LogP contribution in [0, 0.1) is 0 Å². The fourth-order valence-electron chi connectivity index (χ4n) is 1.63. The highest BCUT2D eigenvalue weighted by molar-refractivity contribution is 7.91. The molecule has 0 heterocycles. The summed E-state index contributed by atoms with van der Waals surface area (Å²) in [7, 11) is -1.83. The zero-order valence-corrected chi connectivity index (χ0v) is 11.9. The van der Waals surface area contributed by atoms with Crippen molar-refractivity contribution in [1.29, 1.82) is 0 Å². The van der Waals surface area contributed by atoms with Crippen LogP contribution < -0.4 is 5.73 Å². The summed E-state index contributed by atoms with van der Waals surface area (Å²) in [5.74, 6) is -0.947. The minimum atomic E-state index is -3.43. The molecule has 0 saturated carbocycles. The number of hydrogen-bond acceptors (Lipinski definition) is 4. The summed E-state index contributed by atoms with van der Waals surface area (Å²) in [6.07, 6.45) is 0.668. The number of hydrogen-bond donors (Lipinski definition) is 1.